The number of amides is 1. The number of halogens is 1. The zero-order chi connectivity index (χ0) is 13.8. The van der Waals surface area contributed by atoms with Crippen molar-refractivity contribution in [3.63, 3.8) is 0 Å². The summed E-state index contributed by atoms with van der Waals surface area (Å²) in [7, 11) is 0. The summed E-state index contributed by atoms with van der Waals surface area (Å²) in [6, 6.07) is 9.17. The molecule has 0 aliphatic rings. The maximum Gasteiger partial charge on any atom is 0.274 e. The average Bonchev–Trinajstić information content (AvgIpc) is 2.38. The van der Waals surface area contributed by atoms with Crippen molar-refractivity contribution in [1.82, 2.24) is 9.97 Å². The number of aromatic nitrogens is 2. The van der Waals surface area contributed by atoms with Crippen LogP contribution in [-0.2, 0) is 0 Å². The van der Waals surface area contributed by atoms with Gasteiger partial charge in [-0.05, 0) is 55.1 Å². The predicted molar refractivity (Wildman–Crippen MR) is 78.0 cm³/mol. The van der Waals surface area contributed by atoms with E-state index in [0.29, 0.717) is 5.69 Å². The number of aryl methyl sites for hydroxylation is 1. The molecule has 1 amide bonds. The van der Waals surface area contributed by atoms with Crippen molar-refractivity contribution >= 4 is 35.0 Å². The Kier molecular flexibility index (Phi) is 4.39. The normalized spacial score (nSPS) is 10.3. The Hall–Kier alpha value is -1.59. The van der Waals surface area contributed by atoms with E-state index in [9.17, 15) is 4.79 Å². The highest BCUT2D eigenvalue weighted by molar-refractivity contribution is 7.98. The number of rotatable bonds is 3. The molecule has 4 nitrogen and oxygen atoms in total. The third-order valence-corrected chi connectivity index (χ3v) is 3.32. The number of nitrogens with one attached hydrogen (secondary N) is 1. The van der Waals surface area contributed by atoms with Crippen molar-refractivity contribution in [3.05, 3.63) is 47.0 Å². The van der Waals surface area contributed by atoms with E-state index >= 15 is 0 Å². The van der Waals surface area contributed by atoms with Crippen LogP contribution >= 0.6 is 23.4 Å². The molecule has 6 heteroatoms. The molecule has 0 fully saturated rings. The SMILES string of the molecule is CSc1ccc(NC(=O)c2cc(C)nc(Cl)n2)cc1. The van der Waals surface area contributed by atoms with Gasteiger partial charge in [-0.15, -0.1) is 11.8 Å². The van der Waals surface area contributed by atoms with Crippen LogP contribution < -0.4 is 5.32 Å². The van der Waals surface area contributed by atoms with E-state index in [1.807, 2.05) is 30.5 Å². The molecular weight excluding hydrogens is 282 g/mol. The molecule has 0 spiro atoms. The van der Waals surface area contributed by atoms with Gasteiger partial charge in [-0.3, -0.25) is 4.79 Å². The fourth-order valence-corrected chi connectivity index (χ4v) is 2.15. The minimum absolute atomic E-state index is 0.0721. The van der Waals surface area contributed by atoms with E-state index < -0.39 is 0 Å². The van der Waals surface area contributed by atoms with Gasteiger partial charge in [0.15, 0.2) is 0 Å². The van der Waals surface area contributed by atoms with Gasteiger partial charge in [0.05, 0.1) is 0 Å². The van der Waals surface area contributed by atoms with Crippen LogP contribution in [0.3, 0.4) is 0 Å². The Balaban J connectivity index is 2.15. The number of anilines is 1. The molecule has 1 aromatic carbocycles. The molecule has 1 heterocycles. The molecule has 2 rings (SSSR count). The molecule has 0 saturated heterocycles. The first-order valence-corrected chi connectivity index (χ1v) is 7.15. The summed E-state index contributed by atoms with van der Waals surface area (Å²) in [5.74, 6) is -0.302. The Bertz CT molecular complexity index is 581. The first-order chi connectivity index (χ1) is 9.08. The van der Waals surface area contributed by atoms with Crippen molar-refractivity contribution < 1.29 is 4.79 Å². The third-order valence-electron chi connectivity index (χ3n) is 2.41. The average molecular weight is 294 g/mol. The molecule has 1 aromatic heterocycles. The highest BCUT2D eigenvalue weighted by atomic mass is 35.5. The van der Waals surface area contributed by atoms with Gasteiger partial charge in [0.2, 0.25) is 5.28 Å². The lowest BCUT2D eigenvalue weighted by atomic mass is 10.3. The van der Waals surface area contributed by atoms with Crippen LogP contribution in [0.25, 0.3) is 0 Å². The molecule has 19 heavy (non-hydrogen) atoms. The van der Waals surface area contributed by atoms with Crippen LogP contribution in [0.5, 0.6) is 0 Å². The number of benzene rings is 1. The Morgan fingerprint density at radius 2 is 1.95 bits per heavy atom. The molecule has 0 unspecified atom stereocenters. The van der Waals surface area contributed by atoms with E-state index in [2.05, 4.69) is 15.3 Å². The summed E-state index contributed by atoms with van der Waals surface area (Å²) in [5, 5.41) is 2.84. The minimum atomic E-state index is -0.302. The summed E-state index contributed by atoms with van der Waals surface area (Å²) in [6.07, 6.45) is 2.00. The van der Waals surface area contributed by atoms with Crippen LogP contribution in [0.4, 0.5) is 5.69 Å². The minimum Gasteiger partial charge on any atom is -0.321 e. The molecule has 98 valence electrons. The summed E-state index contributed by atoms with van der Waals surface area (Å²) in [4.78, 5) is 21.0. The van der Waals surface area contributed by atoms with Crippen molar-refractivity contribution in [2.75, 3.05) is 11.6 Å². The number of thioether (sulfide) groups is 1. The van der Waals surface area contributed by atoms with E-state index in [1.165, 1.54) is 0 Å². The lowest BCUT2D eigenvalue weighted by Gasteiger charge is -2.06. The highest BCUT2D eigenvalue weighted by Gasteiger charge is 2.10. The number of carbonyl (C=O) groups is 1. The monoisotopic (exact) mass is 293 g/mol. The Morgan fingerprint density at radius 1 is 1.26 bits per heavy atom. The van der Waals surface area contributed by atoms with E-state index in [0.717, 1.165) is 10.6 Å². The number of hydrogen-bond donors (Lipinski definition) is 1. The zero-order valence-corrected chi connectivity index (χ0v) is 12.0. The highest BCUT2D eigenvalue weighted by Crippen LogP contribution is 2.18. The van der Waals surface area contributed by atoms with Gasteiger partial charge in [-0.25, -0.2) is 9.97 Å². The van der Waals surface area contributed by atoms with Crippen molar-refractivity contribution in [2.24, 2.45) is 0 Å². The lowest BCUT2D eigenvalue weighted by molar-refractivity contribution is 0.102. The van der Waals surface area contributed by atoms with Gasteiger partial charge in [-0.2, -0.15) is 0 Å². The second-order valence-electron chi connectivity index (χ2n) is 3.85. The molecular formula is C13H12ClN3OS. The summed E-state index contributed by atoms with van der Waals surface area (Å²) in [5.41, 5.74) is 1.63. The van der Waals surface area contributed by atoms with Gasteiger partial charge < -0.3 is 5.32 Å². The fourth-order valence-electron chi connectivity index (χ4n) is 1.52. The summed E-state index contributed by atoms with van der Waals surface area (Å²) >= 11 is 7.38. The predicted octanol–water partition coefficient (Wildman–Crippen LogP) is 3.41. The Labute approximate surface area is 120 Å². The second kappa shape index (κ2) is 6.04. The summed E-state index contributed by atoms with van der Waals surface area (Å²) in [6.45, 7) is 1.76. The zero-order valence-electron chi connectivity index (χ0n) is 10.5. The van der Waals surface area contributed by atoms with Crippen molar-refractivity contribution in [2.45, 2.75) is 11.8 Å². The lowest BCUT2D eigenvalue weighted by Crippen LogP contribution is -2.14. The fraction of sp³-hybridized carbons (Fsp3) is 0.154. The van der Waals surface area contributed by atoms with Crippen LogP contribution in [0.2, 0.25) is 5.28 Å². The van der Waals surface area contributed by atoms with Gasteiger partial charge in [0, 0.05) is 16.3 Å². The number of nitrogens with zero attached hydrogens (tertiary/aromatic N) is 2. The van der Waals surface area contributed by atoms with Crippen LogP contribution in [-0.4, -0.2) is 22.1 Å². The molecule has 0 aliphatic heterocycles. The number of hydrogen-bond acceptors (Lipinski definition) is 4. The van der Waals surface area contributed by atoms with Gasteiger partial charge >= 0.3 is 0 Å². The van der Waals surface area contributed by atoms with Crippen LogP contribution in [0.15, 0.2) is 35.2 Å². The molecule has 0 atom stereocenters. The summed E-state index contributed by atoms with van der Waals surface area (Å²) < 4.78 is 0. The molecule has 1 N–H and O–H groups in total. The Morgan fingerprint density at radius 3 is 2.53 bits per heavy atom. The van der Waals surface area contributed by atoms with Crippen LogP contribution in [0.1, 0.15) is 16.2 Å². The van der Waals surface area contributed by atoms with Gasteiger partial charge in [0.25, 0.3) is 5.91 Å². The van der Waals surface area contributed by atoms with E-state index in [-0.39, 0.29) is 16.9 Å². The van der Waals surface area contributed by atoms with Gasteiger partial charge in [-0.1, -0.05) is 0 Å². The van der Waals surface area contributed by atoms with Crippen molar-refractivity contribution in [1.29, 1.82) is 0 Å². The topological polar surface area (TPSA) is 54.9 Å². The van der Waals surface area contributed by atoms with Gasteiger partial charge in [0.1, 0.15) is 5.69 Å². The standard InChI is InChI=1S/C13H12ClN3OS/c1-8-7-11(17-13(14)15-8)12(18)16-9-3-5-10(19-2)6-4-9/h3-7H,1-2H3,(H,16,18). The first kappa shape index (κ1) is 13.8. The second-order valence-corrected chi connectivity index (χ2v) is 5.06. The smallest absolute Gasteiger partial charge is 0.274 e. The van der Waals surface area contributed by atoms with E-state index in [4.69, 9.17) is 11.6 Å². The van der Waals surface area contributed by atoms with Crippen molar-refractivity contribution in [3.8, 4) is 0 Å². The third kappa shape index (κ3) is 3.68. The van der Waals surface area contributed by atoms with Crippen LogP contribution in [0, 0.1) is 6.92 Å². The molecule has 0 bridgehead atoms. The molecule has 2 aromatic rings. The maximum absolute atomic E-state index is 12.0. The maximum atomic E-state index is 12.0. The molecule has 0 aliphatic carbocycles. The molecule has 0 radical (unpaired) electrons. The molecule has 0 saturated carbocycles. The van der Waals surface area contributed by atoms with E-state index in [1.54, 1.807) is 24.8 Å². The number of carbonyl (C=O) groups excluding carboxylic acids is 1. The first-order valence-electron chi connectivity index (χ1n) is 5.55. The largest absolute Gasteiger partial charge is 0.321 e. The quantitative estimate of drug-likeness (QED) is 0.696.